The Morgan fingerprint density at radius 1 is 1.69 bits per heavy atom. The van der Waals surface area contributed by atoms with E-state index < -0.39 is 0 Å². The molecular weight excluding hydrogens is 274 g/mol. The van der Waals surface area contributed by atoms with Gasteiger partial charge in [-0.25, -0.2) is 0 Å². The Labute approximate surface area is 103 Å². The SMILES string of the molecule is COC(=O)C1CCN(Cc2ccc(Br)o2)C1. The summed E-state index contributed by atoms with van der Waals surface area (Å²) < 4.78 is 10.9. The number of likely N-dealkylation sites (tertiary alicyclic amines) is 1. The lowest BCUT2D eigenvalue weighted by molar-refractivity contribution is -0.144. The van der Waals surface area contributed by atoms with Gasteiger partial charge in [0.15, 0.2) is 4.67 Å². The molecule has 1 aliphatic rings. The van der Waals surface area contributed by atoms with Gasteiger partial charge >= 0.3 is 5.97 Å². The summed E-state index contributed by atoms with van der Waals surface area (Å²) in [5.41, 5.74) is 0. The molecule has 5 heteroatoms. The van der Waals surface area contributed by atoms with E-state index >= 15 is 0 Å². The molecule has 0 aromatic carbocycles. The van der Waals surface area contributed by atoms with Gasteiger partial charge in [0.2, 0.25) is 0 Å². The van der Waals surface area contributed by atoms with Crippen LogP contribution < -0.4 is 0 Å². The Hall–Kier alpha value is -0.810. The predicted molar refractivity (Wildman–Crippen MR) is 61.8 cm³/mol. The fourth-order valence-corrected chi connectivity index (χ4v) is 2.33. The highest BCUT2D eigenvalue weighted by Crippen LogP contribution is 2.21. The highest BCUT2D eigenvalue weighted by molar-refractivity contribution is 9.10. The van der Waals surface area contributed by atoms with Gasteiger partial charge in [-0.2, -0.15) is 0 Å². The first-order valence-corrected chi connectivity index (χ1v) is 6.02. The topological polar surface area (TPSA) is 42.7 Å². The zero-order valence-electron chi connectivity index (χ0n) is 9.11. The molecule has 1 fully saturated rings. The van der Waals surface area contributed by atoms with Crippen LogP contribution in [0.3, 0.4) is 0 Å². The molecule has 1 saturated heterocycles. The summed E-state index contributed by atoms with van der Waals surface area (Å²) in [6, 6.07) is 3.82. The summed E-state index contributed by atoms with van der Waals surface area (Å²) in [5, 5.41) is 0. The summed E-state index contributed by atoms with van der Waals surface area (Å²) in [6.45, 7) is 2.42. The van der Waals surface area contributed by atoms with Gasteiger partial charge in [0, 0.05) is 6.54 Å². The van der Waals surface area contributed by atoms with E-state index in [1.807, 2.05) is 12.1 Å². The molecule has 1 aromatic rings. The molecule has 4 nitrogen and oxygen atoms in total. The molecule has 2 heterocycles. The Bertz CT molecular complexity index is 377. The fourth-order valence-electron chi connectivity index (χ4n) is 1.99. The highest BCUT2D eigenvalue weighted by atomic mass is 79.9. The minimum Gasteiger partial charge on any atom is -0.469 e. The number of hydrogen-bond donors (Lipinski definition) is 0. The summed E-state index contributed by atoms with van der Waals surface area (Å²) in [4.78, 5) is 13.5. The van der Waals surface area contributed by atoms with Crippen LogP contribution in [0.5, 0.6) is 0 Å². The molecule has 0 amide bonds. The van der Waals surface area contributed by atoms with Crippen molar-refractivity contribution in [3.05, 3.63) is 22.6 Å². The van der Waals surface area contributed by atoms with Gasteiger partial charge < -0.3 is 9.15 Å². The van der Waals surface area contributed by atoms with E-state index in [4.69, 9.17) is 9.15 Å². The number of esters is 1. The lowest BCUT2D eigenvalue weighted by Gasteiger charge is -2.13. The van der Waals surface area contributed by atoms with Crippen LogP contribution in [0.15, 0.2) is 21.2 Å². The van der Waals surface area contributed by atoms with Crippen molar-refractivity contribution in [2.75, 3.05) is 20.2 Å². The van der Waals surface area contributed by atoms with Gasteiger partial charge in [0.05, 0.1) is 19.6 Å². The maximum Gasteiger partial charge on any atom is 0.310 e. The molecule has 0 N–H and O–H groups in total. The number of ether oxygens (including phenoxy) is 1. The van der Waals surface area contributed by atoms with Crippen LogP contribution in [0.25, 0.3) is 0 Å². The average Bonchev–Trinajstić information content (AvgIpc) is 2.87. The van der Waals surface area contributed by atoms with Crippen LogP contribution in [0.4, 0.5) is 0 Å². The lowest BCUT2D eigenvalue weighted by Crippen LogP contribution is -2.23. The number of carbonyl (C=O) groups is 1. The molecule has 0 saturated carbocycles. The average molecular weight is 288 g/mol. The summed E-state index contributed by atoms with van der Waals surface area (Å²) in [6.07, 6.45) is 0.870. The second-order valence-corrected chi connectivity index (χ2v) is 4.73. The van der Waals surface area contributed by atoms with E-state index in [2.05, 4.69) is 20.8 Å². The van der Waals surface area contributed by atoms with E-state index in [0.717, 1.165) is 36.5 Å². The van der Waals surface area contributed by atoms with Gasteiger partial charge in [-0.3, -0.25) is 9.69 Å². The minimum absolute atomic E-state index is 0.0170. The number of nitrogens with zero attached hydrogens (tertiary/aromatic N) is 1. The number of hydrogen-bond acceptors (Lipinski definition) is 4. The van der Waals surface area contributed by atoms with Crippen molar-refractivity contribution >= 4 is 21.9 Å². The molecule has 0 bridgehead atoms. The molecule has 16 heavy (non-hydrogen) atoms. The molecule has 0 radical (unpaired) electrons. The molecule has 0 spiro atoms. The van der Waals surface area contributed by atoms with Crippen molar-refractivity contribution in [1.29, 1.82) is 0 Å². The van der Waals surface area contributed by atoms with Crippen molar-refractivity contribution in [1.82, 2.24) is 4.90 Å². The van der Waals surface area contributed by atoms with Gasteiger partial charge in [-0.15, -0.1) is 0 Å². The predicted octanol–water partition coefficient (Wildman–Crippen LogP) is 2.04. The Balaban J connectivity index is 1.87. The third-order valence-electron chi connectivity index (χ3n) is 2.82. The Morgan fingerprint density at radius 3 is 3.12 bits per heavy atom. The normalized spacial score (nSPS) is 21.2. The number of methoxy groups -OCH3 is 1. The van der Waals surface area contributed by atoms with Crippen molar-refractivity contribution < 1.29 is 13.9 Å². The van der Waals surface area contributed by atoms with E-state index in [-0.39, 0.29) is 11.9 Å². The maximum atomic E-state index is 11.3. The molecule has 88 valence electrons. The van der Waals surface area contributed by atoms with Crippen LogP contribution in [0.2, 0.25) is 0 Å². The number of carbonyl (C=O) groups excluding carboxylic acids is 1. The number of rotatable bonds is 3. The Morgan fingerprint density at radius 2 is 2.50 bits per heavy atom. The zero-order valence-corrected chi connectivity index (χ0v) is 10.7. The molecule has 2 rings (SSSR count). The van der Waals surface area contributed by atoms with Gasteiger partial charge in [0.25, 0.3) is 0 Å². The van der Waals surface area contributed by atoms with E-state index in [9.17, 15) is 4.79 Å². The number of halogens is 1. The van der Waals surface area contributed by atoms with Crippen molar-refractivity contribution in [2.45, 2.75) is 13.0 Å². The third-order valence-corrected chi connectivity index (χ3v) is 3.24. The van der Waals surface area contributed by atoms with Gasteiger partial charge in [0.1, 0.15) is 5.76 Å². The molecule has 1 unspecified atom stereocenters. The molecule has 1 atom stereocenters. The van der Waals surface area contributed by atoms with Crippen molar-refractivity contribution in [2.24, 2.45) is 5.92 Å². The smallest absolute Gasteiger partial charge is 0.310 e. The van der Waals surface area contributed by atoms with E-state index in [1.54, 1.807) is 0 Å². The lowest BCUT2D eigenvalue weighted by atomic mass is 10.1. The van der Waals surface area contributed by atoms with Crippen molar-refractivity contribution in [3.63, 3.8) is 0 Å². The van der Waals surface area contributed by atoms with Crippen LogP contribution >= 0.6 is 15.9 Å². The third kappa shape index (κ3) is 2.65. The second-order valence-electron chi connectivity index (χ2n) is 3.95. The van der Waals surface area contributed by atoms with Crippen LogP contribution in [-0.4, -0.2) is 31.1 Å². The van der Waals surface area contributed by atoms with Crippen LogP contribution in [0, 0.1) is 5.92 Å². The second kappa shape index (κ2) is 5.01. The first kappa shape index (κ1) is 11.7. The van der Waals surface area contributed by atoms with Crippen molar-refractivity contribution in [3.8, 4) is 0 Å². The fraction of sp³-hybridized carbons (Fsp3) is 0.545. The van der Waals surface area contributed by atoms with Crippen LogP contribution in [-0.2, 0) is 16.1 Å². The summed E-state index contributed by atoms with van der Waals surface area (Å²) in [7, 11) is 1.44. The van der Waals surface area contributed by atoms with E-state index in [0.29, 0.717) is 0 Å². The molecular formula is C11H14BrNO3. The first-order chi connectivity index (χ1) is 7.69. The molecule has 1 aliphatic heterocycles. The van der Waals surface area contributed by atoms with E-state index in [1.165, 1.54) is 7.11 Å². The summed E-state index contributed by atoms with van der Waals surface area (Å²) >= 11 is 3.27. The van der Waals surface area contributed by atoms with Gasteiger partial charge in [-0.1, -0.05) is 0 Å². The standard InChI is InChI=1S/C11H14BrNO3/c1-15-11(14)8-4-5-13(6-8)7-9-2-3-10(12)16-9/h2-3,8H,4-7H2,1H3. The largest absolute Gasteiger partial charge is 0.469 e. The minimum atomic E-state index is -0.108. The number of furan rings is 1. The highest BCUT2D eigenvalue weighted by Gasteiger charge is 2.29. The quantitative estimate of drug-likeness (QED) is 0.798. The molecule has 1 aromatic heterocycles. The van der Waals surface area contributed by atoms with Gasteiger partial charge in [-0.05, 0) is 41.0 Å². The maximum absolute atomic E-state index is 11.3. The monoisotopic (exact) mass is 287 g/mol. The molecule has 0 aliphatic carbocycles. The Kier molecular flexibility index (Phi) is 3.66. The van der Waals surface area contributed by atoms with Crippen LogP contribution in [0.1, 0.15) is 12.2 Å². The first-order valence-electron chi connectivity index (χ1n) is 5.23. The zero-order chi connectivity index (χ0) is 11.5. The summed E-state index contributed by atoms with van der Waals surface area (Å²) in [5.74, 6) is 0.823.